The molecule has 1 N–H and O–H groups in total. The van der Waals surface area contributed by atoms with E-state index in [2.05, 4.69) is 40.0 Å². The number of carbonyl (C=O) groups excluding carboxylic acids is 1. The van der Waals surface area contributed by atoms with Gasteiger partial charge in [0.25, 0.3) is 5.91 Å². The number of piperazine rings is 1. The van der Waals surface area contributed by atoms with Crippen molar-refractivity contribution in [2.75, 3.05) is 39.3 Å². The van der Waals surface area contributed by atoms with E-state index in [1.54, 1.807) is 17.0 Å². The molecule has 0 saturated carbocycles. The smallest absolute Gasteiger partial charge is 0.289 e. The lowest BCUT2D eigenvalue weighted by Crippen LogP contribution is -2.50. The van der Waals surface area contributed by atoms with Crippen molar-refractivity contribution in [2.45, 2.75) is 6.92 Å². The van der Waals surface area contributed by atoms with E-state index in [9.17, 15) is 4.79 Å². The summed E-state index contributed by atoms with van der Waals surface area (Å²) in [4.78, 5) is 24.2. The molecular weight excluding hydrogens is 342 g/mol. The third-order valence-electron chi connectivity index (χ3n) is 5.08. The van der Waals surface area contributed by atoms with Crippen LogP contribution in [0.25, 0.3) is 10.9 Å². The van der Waals surface area contributed by atoms with Crippen LogP contribution in [0, 0.1) is 6.92 Å². The first kappa shape index (κ1) is 17.6. The van der Waals surface area contributed by atoms with Crippen molar-refractivity contribution in [2.24, 2.45) is 7.05 Å². The Labute approximate surface area is 158 Å². The van der Waals surface area contributed by atoms with Gasteiger partial charge in [-0.3, -0.25) is 9.69 Å². The van der Waals surface area contributed by atoms with Crippen LogP contribution < -0.4 is 4.74 Å². The van der Waals surface area contributed by atoms with E-state index in [1.807, 2.05) is 18.0 Å². The molecule has 1 saturated heterocycles. The van der Waals surface area contributed by atoms with Gasteiger partial charge in [-0.05, 0) is 31.2 Å². The van der Waals surface area contributed by atoms with Crippen molar-refractivity contribution in [1.82, 2.24) is 24.3 Å². The SMILES string of the molecule is Cc1cc2cc(OCCN3CCN(C(=O)c4nccn4C)CC3)ccc2[nH]1. The molecule has 7 nitrogen and oxygen atoms in total. The molecule has 142 valence electrons. The Morgan fingerprint density at radius 3 is 2.78 bits per heavy atom. The van der Waals surface area contributed by atoms with Crippen molar-refractivity contribution in [1.29, 1.82) is 0 Å². The van der Waals surface area contributed by atoms with Gasteiger partial charge in [0.05, 0.1) is 0 Å². The first-order chi connectivity index (χ1) is 13.1. The molecular formula is C20H25N5O2. The fourth-order valence-corrected chi connectivity index (χ4v) is 3.53. The predicted octanol–water partition coefficient (Wildman–Crippen LogP) is 2.05. The number of H-pyrrole nitrogens is 1. The van der Waals surface area contributed by atoms with E-state index in [0.717, 1.165) is 49.7 Å². The summed E-state index contributed by atoms with van der Waals surface area (Å²) in [5, 5.41) is 1.17. The Kier molecular flexibility index (Phi) is 4.85. The number of nitrogens with zero attached hydrogens (tertiary/aromatic N) is 4. The van der Waals surface area contributed by atoms with Gasteiger partial charge >= 0.3 is 0 Å². The third kappa shape index (κ3) is 3.83. The first-order valence-electron chi connectivity index (χ1n) is 9.31. The zero-order valence-electron chi connectivity index (χ0n) is 15.8. The van der Waals surface area contributed by atoms with Crippen molar-refractivity contribution >= 4 is 16.8 Å². The van der Waals surface area contributed by atoms with Gasteiger partial charge in [-0.2, -0.15) is 0 Å². The van der Waals surface area contributed by atoms with Crippen molar-refractivity contribution in [3.8, 4) is 5.75 Å². The summed E-state index contributed by atoms with van der Waals surface area (Å²) < 4.78 is 7.69. The van der Waals surface area contributed by atoms with E-state index in [0.29, 0.717) is 12.4 Å². The fourth-order valence-electron chi connectivity index (χ4n) is 3.53. The number of rotatable bonds is 5. The second-order valence-corrected chi connectivity index (χ2v) is 7.05. The Hall–Kier alpha value is -2.80. The largest absolute Gasteiger partial charge is 0.492 e. The van der Waals surface area contributed by atoms with Crippen molar-refractivity contribution in [3.63, 3.8) is 0 Å². The highest BCUT2D eigenvalue weighted by Gasteiger charge is 2.24. The number of imidazole rings is 1. The summed E-state index contributed by atoms with van der Waals surface area (Å²) in [6.07, 6.45) is 3.46. The van der Waals surface area contributed by atoms with Crippen LogP contribution in [0.5, 0.6) is 5.75 Å². The van der Waals surface area contributed by atoms with Gasteiger partial charge in [0.15, 0.2) is 5.82 Å². The average molecular weight is 367 g/mol. The monoisotopic (exact) mass is 367 g/mol. The molecule has 3 heterocycles. The summed E-state index contributed by atoms with van der Waals surface area (Å²) in [5.74, 6) is 1.40. The molecule has 1 aromatic carbocycles. The summed E-state index contributed by atoms with van der Waals surface area (Å²) in [7, 11) is 1.85. The number of hydrogen-bond acceptors (Lipinski definition) is 4. The Morgan fingerprint density at radius 2 is 2.04 bits per heavy atom. The molecule has 2 aromatic heterocycles. The maximum atomic E-state index is 12.5. The zero-order chi connectivity index (χ0) is 18.8. The lowest BCUT2D eigenvalue weighted by molar-refractivity contribution is 0.0605. The number of carbonyl (C=O) groups is 1. The van der Waals surface area contributed by atoms with Crippen LogP contribution in [0.4, 0.5) is 0 Å². The quantitative estimate of drug-likeness (QED) is 0.750. The van der Waals surface area contributed by atoms with E-state index in [1.165, 1.54) is 5.39 Å². The molecule has 1 aliphatic heterocycles. The number of ether oxygens (including phenoxy) is 1. The molecule has 7 heteroatoms. The average Bonchev–Trinajstić information content (AvgIpc) is 3.25. The summed E-state index contributed by atoms with van der Waals surface area (Å²) >= 11 is 0. The molecule has 0 bridgehead atoms. The number of aromatic amines is 1. The fraction of sp³-hybridized carbons (Fsp3) is 0.400. The highest BCUT2D eigenvalue weighted by atomic mass is 16.5. The molecule has 0 spiro atoms. The van der Waals surface area contributed by atoms with E-state index in [-0.39, 0.29) is 5.91 Å². The van der Waals surface area contributed by atoms with Gasteiger partial charge in [-0.25, -0.2) is 4.98 Å². The maximum absolute atomic E-state index is 12.5. The molecule has 0 unspecified atom stereocenters. The van der Waals surface area contributed by atoms with Crippen LogP contribution in [0.3, 0.4) is 0 Å². The molecule has 0 aliphatic carbocycles. The second-order valence-electron chi connectivity index (χ2n) is 7.05. The van der Waals surface area contributed by atoms with Gasteiger partial charge in [-0.15, -0.1) is 0 Å². The highest BCUT2D eigenvalue weighted by molar-refractivity contribution is 5.90. The number of benzene rings is 1. The molecule has 0 radical (unpaired) electrons. The molecule has 1 aliphatic rings. The van der Waals surface area contributed by atoms with Crippen LogP contribution in [-0.2, 0) is 7.05 Å². The molecule has 0 atom stereocenters. The standard InChI is InChI=1S/C20H25N5O2/c1-15-13-16-14-17(3-4-18(16)22-15)27-12-11-24-7-9-25(10-8-24)20(26)19-21-5-6-23(19)2/h3-6,13-14,22H,7-12H2,1-2H3. The Morgan fingerprint density at radius 1 is 1.22 bits per heavy atom. The number of amides is 1. The minimum Gasteiger partial charge on any atom is -0.492 e. The lowest BCUT2D eigenvalue weighted by Gasteiger charge is -2.34. The maximum Gasteiger partial charge on any atom is 0.289 e. The molecule has 1 amide bonds. The van der Waals surface area contributed by atoms with Gasteiger partial charge in [-0.1, -0.05) is 0 Å². The molecule has 27 heavy (non-hydrogen) atoms. The lowest BCUT2D eigenvalue weighted by atomic mass is 10.2. The molecule has 1 fully saturated rings. The van der Waals surface area contributed by atoms with Crippen molar-refractivity contribution in [3.05, 3.63) is 48.2 Å². The molecule has 3 aromatic rings. The Bertz CT molecular complexity index is 937. The van der Waals surface area contributed by atoms with Crippen LogP contribution in [-0.4, -0.2) is 69.6 Å². The number of aromatic nitrogens is 3. The number of hydrogen-bond donors (Lipinski definition) is 1. The van der Waals surface area contributed by atoms with Crippen LogP contribution in [0.1, 0.15) is 16.3 Å². The van der Waals surface area contributed by atoms with Gasteiger partial charge in [0.2, 0.25) is 0 Å². The van der Waals surface area contributed by atoms with Gasteiger partial charge < -0.3 is 19.2 Å². The highest BCUT2D eigenvalue weighted by Crippen LogP contribution is 2.21. The van der Waals surface area contributed by atoms with Crippen LogP contribution in [0.15, 0.2) is 36.7 Å². The summed E-state index contributed by atoms with van der Waals surface area (Å²) in [5.41, 5.74) is 2.29. The predicted molar refractivity (Wildman–Crippen MR) is 104 cm³/mol. The topological polar surface area (TPSA) is 66.4 Å². The molecule has 4 rings (SSSR count). The summed E-state index contributed by atoms with van der Waals surface area (Å²) in [6, 6.07) is 8.25. The van der Waals surface area contributed by atoms with Crippen molar-refractivity contribution < 1.29 is 9.53 Å². The van der Waals surface area contributed by atoms with Crippen LogP contribution >= 0.6 is 0 Å². The van der Waals surface area contributed by atoms with Gasteiger partial charge in [0.1, 0.15) is 12.4 Å². The minimum absolute atomic E-state index is 0.00787. The third-order valence-corrected chi connectivity index (χ3v) is 5.08. The first-order valence-corrected chi connectivity index (χ1v) is 9.31. The van der Waals surface area contributed by atoms with Crippen LogP contribution in [0.2, 0.25) is 0 Å². The summed E-state index contributed by atoms with van der Waals surface area (Å²) in [6.45, 7) is 6.71. The minimum atomic E-state index is 0.00787. The Balaban J connectivity index is 1.24. The number of aryl methyl sites for hydroxylation is 2. The second kappa shape index (κ2) is 7.44. The van der Waals surface area contributed by atoms with E-state index in [4.69, 9.17) is 4.74 Å². The van der Waals surface area contributed by atoms with E-state index >= 15 is 0 Å². The van der Waals surface area contributed by atoms with E-state index < -0.39 is 0 Å². The zero-order valence-corrected chi connectivity index (χ0v) is 15.8. The van der Waals surface area contributed by atoms with Gasteiger partial charge in [0, 0.05) is 68.8 Å². The normalized spacial score (nSPS) is 15.4. The number of fused-ring (bicyclic) bond motifs is 1. The number of nitrogens with one attached hydrogen (secondary N) is 1.